The van der Waals surface area contributed by atoms with Gasteiger partial charge < -0.3 is 25.7 Å². The highest BCUT2D eigenvalue weighted by molar-refractivity contribution is 5.82. The molecule has 0 aromatic heterocycles. The molecule has 0 saturated heterocycles. The second-order valence-corrected chi connectivity index (χ2v) is 4.33. The average Bonchev–Trinajstić information content (AvgIpc) is 2.46. The highest BCUT2D eigenvalue weighted by Crippen LogP contribution is 2.30. The zero-order valence-electron chi connectivity index (χ0n) is 12.2. The van der Waals surface area contributed by atoms with E-state index in [1.165, 1.54) is 0 Å². The Labute approximate surface area is 119 Å². The smallest absolute Gasteiger partial charge is 0.163 e. The zero-order chi connectivity index (χ0) is 15.0. The molecule has 0 bridgehead atoms. The maximum Gasteiger partial charge on any atom is 0.163 e. The van der Waals surface area contributed by atoms with Crippen LogP contribution in [0, 0.1) is 5.92 Å². The Morgan fingerprint density at radius 1 is 1.30 bits per heavy atom. The van der Waals surface area contributed by atoms with Gasteiger partial charge in [0.05, 0.1) is 13.2 Å². The monoisotopic (exact) mass is 281 g/mol. The molecule has 6 heteroatoms. The molecule has 1 rings (SSSR count). The average molecular weight is 281 g/mol. The summed E-state index contributed by atoms with van der Waals surface area (Å²) in [5.41, 5.74) is 6.43. The summed E-state index contributed by atoms with van der Waals surface area (Å²) in [4.78, 5) is 0. The molecule has 1 unspecified atom stereocenters. The number of hydrogen-bond acceptors (Lipinski definition) is 5. The van der Waals surface area contributed by atoms with Crippen LogP contribution in [0.5, 0.6) is 11.5 Å². The quantitative estimate of drug-likeness (QED) is 0.294. The summed E-state index contributed by atoms with van der Waals surface area (Å²) < 4.78 is 11.1. The van der Waals surface area contributed by atoms with Crippen LogP contribution in [0.4, 0.5) is 5.69 Å². The van der Waals surface area contributed by atoms with Gasteiger partial charge in [-0.05, 0) is 26.0 Å². The summed E-state index contributed by atoms with van der Waals surface area (Å²) in [5, 5.41) is 14.8. The van der Waals surface area contributed by atoms with E-state index in [4.69, 9.17) is 20.4 Å². The number of nitrogens with zero attached hydrogens (tertiary/aromatic N) is 1. The lowest BCUT2D eigenvalue weighted by molar-refractivity contribution is 0.288. The summed E-state index contributed by atoms with van der Waals surface area (Å²) >= 11 is 0. The number of ether oxygens (including phenoxy) is 2. The third-order valence-corrected chi connectivity index (χ3v) is 2.78. The maximum absolute atomic E-state index is 8.61. The number of benzene rings is 1. The molecule has 0 aliphatic rings. The Balaban J connectivity index is 2.73. The Hall–Kier alpha value is -2.11. The second kappa shape index (κ2) is 8.14. The van der Waals surface area contributed by atoms with Gasteiger partial charge in [-0.15, -0.1) is 0 Å². The Morgan fingerprint density at radius 2 is 1.95 bits per heavy atom. The van der Waals surface area contributed by atoms with Gasteiger partial charge >= 0.3 is 0 Å². The standard InChI is InChI=1S/C14H23N3O3/c1-4-19-12-7-6-11(8-13(12)20-5-2)16-9-10(3)14(15)17-18/h6-8,10,16,18H,4-5,9H2,1-3H3,(H2,15,17). The van der Waals surface area contributed by atoms with Crippen molar-refractivity contribution in [2.24, 2.45) is 16.8 Å². The second-order valence-electron chi connectivity index (χ2n) is 4.33. The molecule has 20 heavy (non-hydrogen) atoms. The number of nitrogens with one attached hydrogen (secondary N) is 1. The molecule has 0 aliphatic heterocycles. The first-order valence-corrected chi connectivity index (χ1v) is 6.73. The van der Waals surface area contributed by atoms with E-state index >= 15 is 0 Å². The van der Waals surface area contributed by atoms with Crippen LogP contribution in [0.15, 0.2) is 23.4 Å². The molecule has 0 fully saturated rings. The molecule has 1 aromatic carbocycles. The fourth-order valence-corrected chi connectivity index (χ4v) is 1.64. The predicted molar refractivity (Wildman–Crippen MR) is 79.8 cm³/mol. The normalized spacial score (nSPS) is 12.8. The molecule has 4 N–H and O–H groups in total. The van der Waals surface area contributed by atoms with Gasteiger partial charge in [-0.3, -0.25) is 0 Å². The Kier molecular flexibility index (Phi) is 6.49. The van der Waals surface area contributed by atoms with Crippen LogP contribution in [0.3, 0.4) is 0 Å². The number of hydrogen-bond donors (Lipinski definition) is 3. The van der Waals surface area contributed by atoms with Crippen LogP contribution in [0.2, 0.25) is 0 Å². The van der Waals surface area contributed by atoms with Crippen molar-refractivity contribution in [3.05, 3.63) is 18.2 Å². The molecule has 0 saturated carbocycles. The topological polar surface area (TPSA) is 89.1 Å². The van der Waals surface area contributed by atoms with Crippen molar-refractivity contribution in [3.8, 4) is 11.5 Å². The molecule has 0 radical (unpaired) electrons. The van der Waals surface area contributed by atoms with E-state index in [-0.39, 0.29) is 11.8 Å². The third-order valence-electron chi connectivity index (χ3n) is 2.78. The van der Waals surface area contributed by atoms with E-state index in [0.29, 0.717) is 25.5 Å². The van der Waals surface area contributed by atoms with Crippen LogP contribution in [0.25, 0.3) is 0 Å². The molecule has 1 atom stereocenters. The van der Waals surface area contributed by atoms with E-state index < -0.39 is 0 Å². The van der Waals surface area contributed by atoms with Crippen molar-refractivity contribution in [3.63, 3.8) is 0 Å². The van der Waals surface area contributed by atoms with Gasteiger partial charge in [-0.1, -0.05) is 12.1 Å². The molecule has 112 valence electrons. The van der Waals surface area contributed by atoms with Gasteiger partial charge in [0.1, 0.15) is 5.84 Å². The first kappa shape index (κ1) is 15.9. The number of amidine groups is 1. The highest BCUT2D eigenvalue weighted by atomic mass is 16.5. The molecule has 0 aliphatic carbocycles. The molecule has 0 spiro atoms. The third kappa shape index (κ3) is 4.53. The molecule has 1 aromatic rings. The molecular weight excluding hydrogens is 258 g/mol. The summed E-state index contributed by atoms with van der Waals surface area (Å²) in [6, 6.07) is 5.66. The molecular formula is C14H23N3O3. The minimum Gasteiger partial charge on any atom is -0.490 e. The van der Waals surface area contributed by atoms with E-state index in [0.717, 1.165) is 11.4 Å². The van der Waals surface area contributed by atoms with Gasteiger partial charge in [0.2, 0.25) is 0 Å². The predicted octanol–water partition coefficient (Wildman–Crippen LogP) is 2.28. The van der Waals surface area contributed by atoms with E-state index in [2.05, 4.69) is 10.5 Å². The molecule has 0 heterocycles. The van der Waals surface area contributed by atoms with Gasteiger partial charge in [-0.25, -0.2) is 0 Å². The Morgan fingerprint density at radius 3 is 2.55 bits per heavy atom. The highest BCUT2D eigenvalue weighted by Gasteiger charge is 2.09. The first-order valence-electron chi connectivity index (χ1n) is 6.73. The van der Waals surface area contributed by atoms with Crippen LogP contribution in [-0.2, 0) is 0 Å². The van der Waals surface area contributed by atoms with Crippen LogP contribution in [0.1, 0.15) is 20.8 Å². The van der Waals surface area contributed by atoms with E-state index in [1.807, 2.05) is 39.0 Å². The fourth-order valence-electron chi connectivity index (χ4n) is 1.64. The minimum absolute atomic E-state index is 0.0675. The molecule has 0 amide bonds. The number of nitrogens with two attached hydrogens (primary N) is 1. The van der Waals surface area contributed by atoms with Gasteiger partial charge in [0, 0.05) is 24.2 Å². The summed E-state index contributed by atoms with van der Waals surface area (Å²) in [6.45, 7) is 7.46. The number of rotatable bonds is 8. The zero-order valence-corrected chi connectivity index (χ0v) is 12.2. The number of oxime groups is 1. The summed E-state index contributed by atoms with van der Waals surface area (Å²) in [7, 11) is 0. The number of anilines is 1. The fraction of sp³-hybridized carbons (Fsp3) is 0.500. The summed E-state index contributed by atoms with van der Waals surface area (Å²) in [5.74, 6) is 1.57. The Bertz CT molecular complexity index is 449. The lowest BCUT2D eigenvalue weighted by Gasteiger charge is -2.15. The van der Waals surface area contributed by atoms with Crippen molar-refractivity contribution in [1.29, 1.82) is 0 Å². The van der Waals surface area contributed by atoms with Crippen molar-refractivity contribution in [2.45, 2.75) is 20.8 Å². The van der Waals surface area contributed by atoms with Crippen molar-refractivity contribution in [1.82, 2.24) is 0 Å². The van der Waals surface area contributed by atoms with Crippen LogP contribution >= 0.6 is 0 Å². The largest absolute Gasteiger partial charge is 0.490 e. The lowest BCUT2D eigenvalue weighted by Crippen LogP contribution is -2.27. The van der Waals surface area contributed by atoms with Crippen molar-refractivity contribution >= 4 is 11.5 Å². The van der Waals surface area contributed by atoms with Gasteiger partial charge in [0.25, 0.3) is 0 Å². The van der Waals surface area contributed by atoms with Gasteiger partial charge in [0.15, 0.2) is 11.5 Å². The minimum atomic E-state index is -0.0675. The lowest BCUT2D eigenvalue weighted by atomic mass is 10.1. The van der Waals surface area contributed by atoms with E-state index in [1.54, 1.807) is 0 Å². The van der Waals surface area contributed by atoms with Gasteiger partial charge in [-0.2, -0.15) is 0 Å². The van der Waals surface area contributed by atoms with Crippen LogP contribution in [-0.4, -0.2) is 30.8 Å². The van der Waals surface area contributed by atoms with Crippen molar-refractivity contribution < 1.29 is 14.7 Å². The molecule has 6 nitrogen and oxygen atoms in total. The first-order chi connectivity index (χ1) is 9.62. The van der Waals surface area contributed by atoms with Crippen LogP contribution < -0.4 is 20.5 Å². The SMILES string of the molecule is CCOc1ccc(NCC(C)C(N)=NO)cc1OCC. The van der Waals surface area contributed by atoms with Crippen molar-refractivity contribution in [2.75, 3.05) is 25.1 Å². The summed E-state index contributed by atoms with van der Waals surface area (Å²) in [6.07, 6.45) is 0. The van der Waals surface area contributed by atoms with E-state index in [9.17, 15) is 0 Å². The maximum atomic E-state index is 8.61.